The number of ether oxygens (including phenoxy) is 1. The molecule has 4 heteroatoms. The van der Waals surface area contributed by atoms with Crippen LogP contribution in [0.1, 0.15) is 19.4 Å². The number of hydrogen-bond acceptors (Lipinski definition) is 3. The molecular weight excluding hydrogens is 234 g/mol. The third-order valence-corrected chi connectivity index (χ3v) is 2.99. The normalized spacial score (nSPS) is 11.1. The van der Waals surface area contributed by atoms with Crippen molar-refractivity contribution in [2.45, 2.75) is 19.3 Å². The molecule has 0 unspecified atom stereocenters. The molecule has 1 aromatic rings. The summed E-state index contributed by atoms with van der Waals surface area (Å²) < 4.78 is 5.34. The summed E-state index contributed by atoms with van der Waals surface area (Å²) in [7, 11) is 1.65. The number of amides is 1. The lowest BCUT2D eigenvalue weighted by Gasteiger charge is -2.27. The maximum absolute atomic E-state index is 11.2. The predicted octanol–water partition coefficient (Wildman–Crippen LogP) is 2.02. The van der Waals surface area contributed by atoms with Gasteiger partial charge in [-0.2, -0.15) is 12.6 Å². The SMILES string of the molecule is COc1ccccc1C(C)(C)CNC(=O)CS. The minimum Gasteiger partial charge on any atom is -0.496 e. The van der Waals surface area contributed by atoms with E-state index in [0.29, 0.717) is 6.54 Å². The van der Waals surface area contributed by atoms with Gasteiger partial charge >= 0.3 is 0 Å². The molecule has 0 bridgehead atoms. The second-order valence-corrected chi connectivity index (χ2v) is 4.84. The van der Waals surface area contributed by atoms with Crippen LogP contribution in [0, 0.1) is 0 Å². The van der Waals surface area contributed by atoms with Gasteiger partial charge in [0.15, 0.2) is 0 Å². The molecule has 0 atom stereocenters. The largest absolute Gasteiger partial charge is 0.496 e. The van der Waals surface area contributed by atoms with Crippen LogP contribution in [0.2, 0.25) is 0 Å². The highest BCUT2D eigenvalue weighted by atomic mass is 32.1. The summed E-state index contributed by atoms with van der Waals surface area (Å²) in [5.41, 5.74) is 0.910. The zero-order valence-electron chi connectivity index (χ0n) is 10.5. The molecule has 1 rings (SSSR count). The number of para-hydroxylation sites is 1. The van der Waals surface area contributed by atoms with Crippen molar-refractivity contribution in [3.05, 3.63) is 29.8 Å². The predicted molar refractivity (Wildman–Crippen MR) is 72.9 cm³/mol. The molecule has 0 saturated carbocycles. The van der Waals surface area contributed by atoms with E-state index < -0.39 is 0 Å². The van der Waals surface area contributed by atoms with E-state index >= 15 is 0 Å². The van der Waals surface area contributed by atoms with Crippen molar-refractivity contribution in [3.8, 4) is 5.75 Å². The monoisotopic (exact) mass is 253 g/mol. The number of methoxy groups -OCH3 is 1. The quantitative estimate of drug-likeness (QED) is 0.788. The van der Waals surface area contributed by atoms with Crippen molar-refractivity contribution in [3.63, 3.8) is 0 Å². The summed E-state index contributed by atoms with van der Waals surface area (Å²) >= 11 is 3.93. The Morgan fingerprint density at radius 1 is 1.41 bits per heavy atom. The van der Waals surface area contributed by atoms with Crippen LogP contribution in [0.3, 0.4) is 0 Å². The Morgan fingerprint density at radius 2 is 2.06 bits per heavy atom. The van der Waals surface area contributed by atoms with Gasteiger partial charge in [-0.25, -0.2) is 0 Å². The minimum absolute atomic E-state index is 0.0590. The lowest BCUT2D eigenvalue weighted by molar-refractivity contribution is -0.118. The first-order chi connectivity index (χ1) is 8.01. The molecular formula is C13H19NO2S. The maximum Gasteiger partial charge on any atom is 0.229 e. The first-order valence-corrected chi connectivity index (χ1v) is 6.15. The summed E-state index contributed by atoms with van der Waals surface area (Å²) in [5, 5.41) is 2.85. The van der Waals surface area contributed by atoms with Crippen molar-refractivity contribution in [2.75, 3.05) is 19.4 Å². The van der Waals surface area contributed by atoms with Gasteiger partial charge in [0.2, 0.25) is 5.91 Å². The molecule has 0 saturated heterocycles. The standard InChI is InChI=1S/C13H19NO2S/c1-13(2,9-14-12(15)8-17)10-6-4-5-7-11(10)16-3/h4-7,17H,8-9H2,1-3H3,(H,14,15). The second kappa shape index (κ2) is 5.96. The molecule has 1 aromatic carbocycles. The van der Waals surface area contributed by atoms with Gasteiger partial charge in [0.05, 0.1) is 12.9 Å². The van der Waals surface area contributed by atoms with Crippen LogP contribution in [-0.2, 0) is 10.2 Å². The average molecular weight is 253 g/mol. The smallest absolute Gasteiger partial charge is 0.229 e. The van der Waals surface area contributed by atoms with Crippen LogP contribution in [0.25, 0.3) is 0 Å². The molecule has 0 fully saturated rings. The van der Waals surface area contributed by atoms with Gasteiger partial charge in [-0.3, -0.25) is 4.79 Å². The number of rotatable bonds is 5. The molecule has 0 heterocycles. The number of carbonyl (C=O) groups is 1. The average Bonchev–Trinajstić information content (AvgIpc) is 2.35. The molecule has 0 aliphatic heterocycles. The molecule has 0 aromatic heterocycles. The number of thiol groups is 1. The van der Waals surface area contributed by atoms with Gasteiger partial charge in [-0.15, -0.1) is 0 Å². The van der Waals surface area contributed by atoms with E-state index in [0.717, 1.165) is 11.3 Å². The van der Waals surface area contributed by atoms with Crippen LogP contribution in [0.4, 0.5) is 0 Å². The highest BCUT2D eigenvalue weighted by molar-refractivity contribution is 7.81. The minimum atomic E-state index is -0.175. The van der Waals surface area contributed by atoms with Crippen molar-refractivity contribution in [1.82, 2.24) is 5.32 Å². The Kier molecular flexibility index (Phi) is 4.87. The summed E-state index contributed by atoms with van der Waals surface area (Å²) in [6.07, 6.45) is 0. The first-order valence-electron chi connectivity index (χ1n) is 5.52. The maximum atomic E-state index is 11.2. The van der Waals surface area contributed by atoms with Crippen LogP contribution < -0.4 is 10.1 Å². The van der Waals surface area contributed by atoms with E-state index in [9.17, 15) is 4.79 Å². The summed E-state index contributed by atoms with van der Waals surface area (Å²) in [6, 6.07) is 7.86. The number of carbonyl (C=O) groups excluding carboxylic acids is 1. The van der Waals surface area contributed by atoms with Gasteiger partial charge in [0, 0.05) is 17.5 Å². The highest BCUT2D eigenvalue weighted by Crippen LogP contribution is 2.30. The zero-order chi connectivity index (χ0) is 12.9. The molecule has 94 valence electrons. The van der Waals surface area contributed by atoms with E-state index in [2.05, 4.69) is 31.8 Å². The van der Waals surface area contributed by atoms with Crippen molar-refractivity contribution in [2.24, 2.45) is 0 Å². The second-order valence-electron chi connectivity index (χ2n) is 4.52. The molecule has 0 aliphatic carbocycles. The Labute approximate surface area is 108 Å². The number of nitrogens with one attached hydrogen (secondary N) is 1. The highest BCUT2D eigenvalue weighted by Gasteiger charge is 2.24. The Bertz CT molecular complexity index is 391. The number of benzene rings is 1. The Hall–Kier alpha value is -1.16. The summed E-state index contributed by atoms with van der Waals surface area (Å²) in [6.45, 7) is 4.71. The van der Waals surface area contributed by atoms with E-state index in [-0.39, 0.29) is 17.1 Å². The van der Waals surface area contributed by atoms with Crippen molar-refractivity contribution < 1.29 is 9.53 Å². The Morgan fingerprint density at radius 3 is 2.65 bits per heavy atom. The topological polar surface area (TPSA) is 38.3 Å². The lowest BCUT2D eigenvalue weighted by Crippen LogP contribution is -2.37. The molecule has 1 amide bonds. The van der Waals surface area contributed by atoms with Gasteiger partial charge in [0.1, 0.15) is 5.75 Å². The fraction of sp³-hybridized carbons (Fsp3) is 0.462. The Balaban J connectivity index is 2.84. The first kappa shape index (κ1) is 13.9. The fourth-order valence-electron chi connectivity index (χ4n) is 1.67. The van der Waals surface area contributed by atoms with E-state index in [1.165, 1.54) is 0 Å². The van der Waals surface area contributed by atoms with Crippen molar-refractivity contribution in [1.29, 1.82) is 0 Å². The summed E-state index contributed by atoms with van der Waals surface area (Å²) in [4.78, 5) is 11.2. The van der Waals surface area contributed by atoms with Gasteiger partial charge < -0.3 is 10.1 Å². The van der Waals surface area contributed by atoms with Gasteiger partial charge in [-0.05, 0) is 6.07 Å². The third-order valence-electron chi connectivity index (χ3n) is 2.71. The van der Waals surface area contributed by atoms with E-state index in [1.54, 1.807) is 7.11 Å². The van der Waals surface area contributed by atoms with E-state index in [4.69, 9.17) is 4.74 Å². The van der Waals surface area contributed by atoms with Gasteiger partial charge in [-0.1, -0.05) is 32.0 Å². The zero-order valence-corrected chi connectivity index (χ0v) is 11.4. The number of hydrogen-bond donors (Lipinski definition) is 2. The fourth-order valence-corrected chi connectivity index (χ4v) is 1.79. The van der Waals surface area contributed by atoms with Gasteiger partial charge in [0.25, 0.3) is 0 Å². The molecule has 0 aliphatic rings. The van der Waals surface area contributed by atoms with Crippen LogP contribution in [-0.4, -0.2) is 25.3 Å². The molecule has 0 spiro atoms. The van der Waals surface area contributed by atoms with Crippen LogP contribution in [0.5, 0.6) is 5.75 Å². The van der Waals surface area contributed by atoms with Crippen LogP contribution in [0.15, 0.2) is 24.3 Å². The van der Waals surface area contributed by atoms with Crippen LogP contribution >= 0.6 is 12.6 Å². The van der Waals surface area contributed by atoms with Crippen molar-refractivity contribution >= 4 is 18.5 Å². The molecule has 1 N–H and O–H groups in total. The lowest BCUT2D eigenvalue weighted by atomic mass is 9.84. The molecule has 3 nitrogen and oxygen atoms in total. The molecule has 17 heavy (non-hydrogen) atoms. The van der Waals surface area contributed by atoms with E-state index in [1.807, 2.05) is 24.3 Å². The molecule has 0 radical (unpaired) electrons. The third kappa shape index (κ3) is 3.66. The summed E-state index contributed by atoms with van der Waals surface area (Å²) in [5.74, 6) is 0.996.